The number of hydrogen-bond acceptors (Lipinski definition) is 4. The van der Waals surface area contributed by atoms with Crippen molar-refractivity contribution in [1.29, 1.82) is 0 Å². The van der Waals surface area contributed by atoms with Gasteiger partial charge in [-0.3, -0.25) is 9.59 Å². The van der Waals surface area contributed by atoms with Crippen LogP contribution in [-0.4, -0.2) is 36.2 Å². The van der Waals surface area contributed by atoms with Gasteiger partial charge in [-0.2, -0.15) is 0 Å². The second kappa shape index (κ2) is 6.49. The van der Waals surface area contributed by atoms with Crippen LogP contribution in [0.2, 0.25) is 0 Å². The summed E-state index contributed by atoms with van der Waals surface area (Å²) in [5.41, 5.74) is 7.32. The van der Waals surface area contributed by atoms with Crippen molar-refractivity contribution in [3.05, 3.63) is 29.8 Å². The summed E-state index contributed by atoms with van der Waals surface area (Å²) in [5, 5.41) is 11.5. The number of carboxylic acid groups (broad SMARTS) is 1. The topological polar surface area (TPSA) is 102 Å². The van der Waals surface area contributed by atoms with Gasteiger partial charge in [0.2, 0.25) is 5.91 Å². The number of nitrogens with one attached hydrogen (secondary N) is 1. The zero-order valence-corrected chi connectivity index (χ0v) is 11.0. The highest BCUT2D eigenvalue weighted by Crippen LogP contribution is 2.17. The zero-order valence-electron chi connectivity index (χ0n) is 11.0. The van der Waals surface area contributed by atoms with Crippen LogP contribution >= 0.6 is 0 Å². The van der Waals surface area contributed by atoms with E-state index < -0.39 is 5.97 Å². The molecule has 1 aliphatic rings. The first-order valence-corrected chi connectivity index (χ1v) is 6.51. The lowest BCUT2D eigenvalue weighted by molar-refractivity contribution is -0.137. The molecule has 0 aromatic heterocycles. The molecule has 0 spiro atoms. The van der Waals surface area contributed by atoms with E-state index in [0.29, 0.717) is 25.3 Å². The molecule has 6 nitrogen and oxygen atoms in total. The monoisotopic (exact) mass is 278 g/mol. The summed E-state index contributed by atoms with van der Waals surface area (Å²) >= 11 is 0. The number of ether oxygens (including phenoxy) is 1. The number of benzene rings is 1. The maximum atomic E-state index is 12.0. The minimum Gasteiger partial charge on any atom is -0.481 e. The van der Waals surface area contributed by atoms with Crippen molar-refractivity contribution in [3.63, 3.8) is 0 Å². The number of nitrogens with two attached hydrogens (primary N) is 1. The lowest BCUT2D eigenvalue weighted by Crippen LogP contribution is -2.37. The average Bonchev–Trinajstić information content (AvgIpc) is 2.83. The molecule has 1 amide bonds. The van der Waals surface area contributed by atoms with Gasteiger partial charge in [0.25, 0.3) is 0 Å². The van der Waals surface area contributed by atoms with Crippen molar-refractivity contribution in [1.82, 2.24) is 0 Å². The fourth-order valence-corrected chi connectivity index (χ4v) is 2.13. The Bertz CT molecular complexity index is 504. The highest BCUT2D eigenvalue weighted by molar-refractivity contribution is 5.93. The largest absolute Gasteiger partial charge is 0.481 e. The molecule has 1 aliphatic heterocycles. The maximum Gasteiger partial charge on any atom is 0.303 e. The first kappa shape index (κ1) is 14.5. The number of amides is 1. The molecule has 1 aromatic rings. The van der Waals surface area contributed by atoms with Gasteiger partial charge < -0.3 is 20.9 Å². The molecule has 2 rings (SSSR count). The molecule has 0 bridgehead atoms. The Labute approximate surface area is 116 Å². The quantitative estimate of drug-likeness (QED) is 0.732. The third kappa shape index (κ3) is 3.79. The van der Waals surface area contributed by atoms with Crippen LogP contribution in [0.5, 0.6) is 0 Å². The van der Waals surface area contributed by atoms with Gasteiger partial charge in [0, 0.05) is 18.2 Å². The average molecular weight is 278 g/mol. The summed E-state index contributed by atoms with van der Waals surface area (Å²) in [6.45, 7) is 0.739. The molecule has 1 saturated heterocycles. The van der Waals surface area contributed by atoms with Crippen molar-refractivity contribution in [2.75, 3.05) is 18.5 Å². The first-order valence-electron chi connectivity index (χ1n) is 6.51. The Hall–Kier alpha value is -1.92. The second-order valence-corrected chi connectivity index (χ2v) is 4.89. The van der Waals surface area contributed by atoms with Crippen molar-refractivity contribution in [2.45, 2.75) is 18.9 Å². The van der Waals surface area contributed by atoms with E-state index >= 15 is 0 Å². The van der Waals surface area contributed by atoms with E-state index in [0.717, 1.165) is 5.56 Å². The predicted octanol–water partition coefficient (Wildman–Crippen LogP) is 0.616. The molecule has 0 saturated carbocycles. The number of carbonyl (C=O) groups excluding carboxylic acids is 1. The van der Waals surface area contributed by atoms with Crippen LogP contribution in [-0.2, 0) is 20.7 Å². The van der Waals surface area contributed by atoms with E-state index in [1.165, 1.54) is 0 Å². The number of aryl methyl sites for hydroxylation is 1. The van der Waals surface area contributed by atoms with Gasteiger partial charge in [-0.05, 0) is 24.1 Å². The van der Waals surface area contributed by atoms with Gasteiger partial charge in [-0.15, -0.1) is 0 Å². The number of rotatable bonds is 5. The summed E-state index contributed by atoms with van der Waals surface area (Å²) in [6.07, 6.45) is 0.504. The Kier molecular flexibility index (Phi) is 4.70. The SMILES string of the molecule is NC1COCC1C(=O)Nc1cccc(CCC(=O)O)c1. The zero-order chi connectivity index (χ0) is 14.5. The smallest absolute Gasteiger partial charge is 0.303 e. The third-order valence-corrected chi connectivity index (χ3v) is 3.28. The molecule has 20 heavy (non-hydrogen) atoms. The Balaban J connectivity index is 1.96. The van der Waals surface area contributed by atoms with Crippen LogP contribution in [0.3, 0.4) is 0 Å². The summed E-state index contributed by atoms with van der Waals surface area (Å²) in [6, 6.07) is 6.90. The van der Waals surface area contributed by atoms with E-state index in [4.69, 9.17) is 15.6 Å². The third-order valence-electron chi connectivity index (χ3n) is 3.28. The van der Waals surface area contributed by atoms with Gasteiger partial charge in [0.1, 0.15) is 0 Å². The molecule has 0 aliphatic carbocycles. The number of hydrogen-bond donors (Lipinski definition) is 3. The fourth-order valence-electron chi connectivity index (χ4n) is 2.13. The van der Waals surface area contributed by atoms with Crippen molar-refractivity contribution in [3.8, 4) is 0 Å². The molecule has 6 heteroatoms. The molecule has 1 heterocycles. The van der Waals surface area contributed by atoms with Crippen LogP contribution < -0.4 is 11.1 Å². The van der Waals surface area contributed by atoms with E-state index in [-0.39, 0.29) is 24.3 Å². The van der Waals surface area contributed by atoms with Gasteiger partial charge in [-0.1, -0.05) is 12.1 Å². The minimum absolute atomic E-state index is 0.0682. The molecule has 1 fully saturated rings. The number of carboxylic acids is 1. The van der Waals surface area contributed by atoms with Crippen LogP contribution in [0.4, 0.5) is 5.69 Å². The Morgan fingerprint density at radius 3 is 2.85 bits per heavy atom. The first-order chi connectivity index (χ1) is 9.56. The molecule has 1 aromatic carbocycles. The predicted molar refractivity (Wildman–Crippen MR) is 73.3 cm³/mol. The molecule has 0 radical (unpaired) electrons. The van der Waals surface area contributed by atoms with Gasteiger partial charge >= 0.3 is 5.97 Å². The van der Waals surface area contributed by atoms with Crippen LogP contribution in [0, 0.1) is 5.92 Å². The molecular formula is C14H18N2O4. The van der Waals surface area contributed by atoms with E-state index in [2.05, 4.69) is 5.32 Å². The fraction of sp³-hybridized carbons (Fsp3) is 0.429. The summed E-state index contributed by atoms with van der Waals surface area (Å²) in [5.74, 6) is -1.34. The lowest BCUT2D eigenvalue weighted by Gasteiger charge is -2.13. The normalized spacial score (nSPS) is 21.6. The Morgan fingerprint density at radius 2 is 2.20 bits per heavy atom. The molecule has 2 atom stereocenters. The molecule has 108 valence electrons. The van der Waals surface area contributed by atoms with Crippen molar-refractivity contribution >= 4 is 17.6 Å². The minimum atomic E-state index is -0.839. The molecule has 2 unspecified atom stereocenters. The Morgan fingerprint density at radius 1 is 1.40 bits per heavy atom. The highest BCUT2D eigenvalue weighted by Gasteiger charge is 2.31. The van der Waals surface area contributed by atoms with Crippen LogP contribution in [0.15, 0.2) is 24.3 Å². The number of aliphatic carboxylic acids is 1. The van der Waals surface area contributed by atoms with Crippen LogP contribution in [0.25, 0.3) is 0 Å². The van der Waals surface area contributed by atoms with E-state index in [9.17, 15) is 9.59 Å². The summed E-state index contributed by atoms with van der Waals surface area (Å²) in [4.78, 5) is 22.6. The highest BCUT2D eigenvalue weighted by atomic mass is 16.5. The van der Waals surface area contributed by atoms with Gasteiger partial charge in [0.05, 0.1) is 19.1 Å². The maximum absolute atomic E-state index is 12.0. The summed E-state index contributed by atoms with van der Waals surface area (Å²) < 4.78 is 5.17. The van der Waals surface area contributed by atoms with Gasteiger partial charge in [-0.25, -0.2) is 0 Å². The van der Waals surface area contributed by atoms with Gasteiger partial charge in [0.15, 0.2) is 0 Å². The number of anilines is 1. The van der Waals surface area contributed by atoms with Crippen LogP contribution in [0.1, 0.15) is 12.0 Å². The number of carbonyl (C=O) groups is 2. The molecular weight excluding hydrogens is 260 g/mol. The molecule has 4 N–H and O–H groups in total. The summed E-state index contributed by atoms with van der Waals surface area (Å²) in [7, 11) is 0. The standard InChI is InChI=1S/C14H18N2O4/c15-12-8-20-7-11(12)14(19)16-10-3-1-2-9(6-10)4-5-13(17)18/h1-3,6,11-12H,4-5,7-8,15H2,(H,16,19)(H,17,18). The van der Waals surface area contributed by atoms with E-state index in [1.807, 2.05) is 6.07 Å². The second-order valence-electron chi connectivity index (χ2n) is 4.89. The lowest BCUT2D eigenvalue weighted by atomic mass is 10.0. The van der Waals surface area contributed by atoms with E-state index in [1.54, 1.807) is 18.2 Å². The van der Waals surface area contributed by atoms with Crippen molar-refractivity contribution in [2.24, 2.45) is 11.7 Å². The van der Waals surface area contributed by atoms with Crippen molar-refractivity contribution < 1.29 is 19.4 Å².